The van der Waals surface area contributed by atoms with Crippen LogP contribution in [0.3, 0.4) is 0 Å². The highest BCUT2D eigenvalue weighted by molar-refractivity contribution is 4.98. The van der Waals surface area contributed by atoms with Crippen LogP contribution < -0.4 is 0 Å². The Hall–Kier alpha value is -1.37. The van der Waals surface area contributed by atoms with Crippen molar-refractivity contribution >= 4 is 0 Å². The van der Waals surface area contributed by atoms with E-state index < -0.39 is 0 Å². The van der Waals surface area contributed by atoms with Crippen LogP contribution in [0.1, 0.15) is 56.7 Å². The molecule has 0 radical (unpaired) electrons. The molecule has 4 heteroatoms. The van der Waals surface area contributed by atoms with E-state index in [-0.39, 0.29) is 5.92 Å². The molecule has 86 valence electrons. The van der Waals surface area contributed by atoms with E-state index >= 15 is 0 Å². The maximum absolute atomic E-state index is 8.71. The summed E-state index contributed by atoms with van der Waals surface area (Å²) >= 11 is 0. The van der Waals surface area contributed by atoms with Crippen molar-refractivity contribution in [1.29, 1.82) is 5.26 Å². The van der Waals surface area contributed by atoms with Crippen molar-refractivity contribution in [3.63, 3.8) is 0 Å². The first-order chi connectivity index (χ1) is 7.79. The second-order valence-corrected chi connectivity index (χ2v) is 4.62. The standard InChI is InChI=1S/C12H17N3O/c1-9(8-13)7-11-14-12(15-16-11)10-5-3-2-4-6-10/h9-10H,2-7H2,1H3. The number of aromatic nitrogens is 2. The highest BCUT2D eigenvalue weighted by Gasteiger charge is 2.21. The van der Waals surface area contributed by atoms with Crippen LogP contribution in [-0.2, 0) is 6.42 Å². The third kappa shape index (κ3) is 2.60. The molecule has 0 aliphatic heterocycles. The predicted octanol–water partition coefficient (Wildman–Crippen LogP) is 2.82. The zero-order valence-electron chi connectivity index (χ0n) is 9.65. The lowest BCUT2D eigenvalue weighted by Gasteiger charge is -2.17. The summed E-state index contributed by atoms with van der Waals surface area (Å²) < 4.78 is 5.18. The average molecular weight is 219 g/mol. The van der Waals surface area contributed by atoms with Gasteiger partial charge in [0.05, 0.1) is 12.0 Å². The number of rotatable bonds is 3. The molecule has 1 fully saturated rings. The SMILES string of the molecule is CC(C#N)Cc1nc(C2CCCCC2)no1. The molecular weight excluding hydrogens is 202 g/mol. The number of nitriles is 1. The zero-order valence-corrected chi connectivity index (χ0v) is 9.65. The molecule has 1 aromatic rings. The van der Waals surface area contributed by atoms with Gasteiger partial charge in [0.15, 0.2) is 5.82 Å². The van der Waals surface area contributed by atoms with Crippen LogP contribution in [-0.4, -0.2) is 10.1 Å². The lowest BCUT2D eigenvalue weighted by molar-refractivity contribution is 0.352. The Balaban J connectivity index is 1.98. The smallest absolute Gasteiger partial charge is 0.227 e. The molecule has 16 heavy (non-hydrogen) atoms. The maximum atomic E-state index is 8.71. The molecule has 0 saturated heterocycles. The van der Waals surface area contributed by atoms with Gasteiger partial charge >= 0.3 is 0 Å². The van der Waals surface area contributed by atoms with Gasteiger partial charge in [-0.2, -0.15) is 10.2 Å². The van der Waals surface area contributed by atoms with Crippen LogP contribution in [0.2, 0.25) is 0 Å². The predicted molar refractivity (Wildman–Crippen MR) is 58.6 cm³/mol. The van der Waals surface area contributed by atoms with E-state index in [2.05, 4.69) is 16.2 Å². The molecule has 2 rings (SSSR count). The number of hydrogen-bond acceptors (Lipinski definition) is 4. The molecule has 1 atom stereocenters. The van der Waals surface area contributed by atoms with Gasteiger partial charge in [-0.15, -0.1) is 0 Å². The second-order valence-electron chi connectivity index (χ2n) is 4.62. The summed E-state index contributed by atoms with van der Waals surface area (Å²) in [7, 11) is 0. The summed E-state index contributed by atoms with van der Waals surface area (Å²) in [5, 5.41) is 12.7. The van der Waals surface area contributed by atoms with Crippen molar-refractivity contribution in [3.05, 3.63) is 11.7 Å². The van der Waals surface area contributed by atoms with E-state index in [4.69, 9.17) is 9.78 Å². The van der Waals surface area contributed by atoms with Gasteiger partial charge in [-0.25, -0.2) is 0 Å². The minimum Gasteiger partial charge on any atom is -0.339 e. The monoisotopic (exact) mass is 219 g/mol. The minimum absolute atomic E-state index is 0.0559. The number of hydrogen-bond donors (Lipinski definition) is 0. The Labute approximate surface area is 95.7 Å². The molecule has 1 aromatic heterocycles. The van der Waals surface area contributed by atoms with Gasteiger partial charge in [0.1, 0.15) is 0 Å². The van der Waals surface area contributed by atoms with Crippen molar-refractivity contribution < 1.29 is 4.52 Å². The van der Waals surface area contributed by atoms with Gasteiger partial charge in [-0.3, -0.25) is 0 Å². The first kappa shape index (κ1) is 11.1. The van der Waals surface area contributed by atoms with Gasteiger partial charge in [0, 0.05) is 12.3 Å². The molecule has 0 aromatic carbocycles. The van der Waals surface area contributed by atoms with E-state index in [9.17, 15) is 0 Å². The van der Waals surface area contributed by atoms with E-state index in [0.29, 0.717) is 18.2 Å². The van der Waals surface area contributed by atoms with Crippen LogP contribution in [0.25, 0.3) is 0 Å². The fraction of sp³-hybridized carbons (Fsp3) is 0.750. The van der Waals surface area contributed by atoms with Gasteiger partial charge in [-0.1, -0.05) is 24.4 Å². The van der Waals surface area contributed by atoms with Crippen LogP contribution in [0, 0.1) is 17.2 Å². The zero-order chi connectivity index (χ0) is 11.4. The van der Waals surface area contributed by atoms with Crippen LogP contribution in [0.4, 0.5) is 0 Å². The molecule has 4 nitrogen and oxygen atoms in total. The summed E-state index contributed by atoms with van der Waals surface area (Å²) in [6.07, 6.45) is 6.77. The van der Waals surface area contributed by atoms with Gasteiger partial charge in [0.25, 0.3) is 0 Å². The van der Waals surface area contributed by atoms with Crippen molar-refractivity contribution in [2.75, 3.05) is 0 Å². The first-order valence-electron chi connectivity index (χ1n) is 6.01. The Bertz CT molecular complexity index is 374. The van der Waals surface area contributed by atoms with Crippen molar-refractivity contribution in [3.8, 4) is 6.07 Å². The third-order valence-electron chi connectivity index (χ3n) is 3.16. The Kier molecular flexibility index (Phi) is 3.55. The summed E-state index contributed by atoms with van der Waals surface area (Å²) in [4.78, 5) is 4.39. The lowest BCUT2D eigenvalue weighted by atomic mass is 9.89. The highest BCUT2D eigenvalue weighted by Crippen LogP contribution is 2.30. The van der Waals surface area contributed by atoms with E-state index in [1.165, 1.54) is 32.1 Å². The van der Waals surface area contributed by atoms with Crippen LogP contribution in [0.5, 0.6) is 0 Å². The average Bonchev–Trinajstić information content (AvgIpc) is 2.78. The summed E-state index contributed by atoms with van der Waals surface area (Å²) in [6, 6.07) is 2.17. The Morgan fingerprint density at radius 1 is 1.44 bits per heavy atom. The maximum Gasteiger partial charge on any atom is 0.227 e. The molecule has 0 amide bonds. The quantitative estimate of drug-likeness (QED) is 0.784. The second kappa shape index (κ2) is 5.11. The van der Waals surface area contributed by atoms with Crippen molar-refractivity contribution in [2.45, 2.75) is 51.4 Å². The molecular formula is C12H17N3O. The van der Waals surface area contributed by atoms with Crippen molar-refractivity contribution in [2.24, 2.45) is 5.92 Å². The van der Waals surface area contributed by atoms with Gasteiger partial charge in [-0.05, 0) is 19.8 Å². The molecule has 1 aliphatic carbocycles. The molecule has 1 saturated carbocycles. The molecule has 0 N–H and O–H groups in total. The van der Waals surface area contributed by atoms with Gasteiger partial charge in [0.2, 0.25) is 5.89 Å². The highest BCUT2D eigenvalue weighted by atomic mass is 16.5. The molecule has 0 spiro atoms. The van der Waals surface area contributed by atoms with Crippen LogP contribution in [0.15, 0.2) is 4.52 Å². The fourth-order valence-corrected chi connectivity index (χ4v) is 2.19. The molecule has 1 unspecified atom stereocenters. The third-order valence-corrected chi connectivity index (χ3v) is 3.16. The van der Waals surface area contributed by atoms with Gasteiger partial charge < -0.3 is 4.52 Å². The minimum atomic E-state index is -0.0559. The summed E-state index contributed by atoms with van der Waals surface area (Å²) in [5.74, 6) is 1.87. The number of nitrogens with zero attached hydrogens (tertiary/aromatic N) is 3. The summed E-state index contributed by atoms with van der Waals surface area (Å²) in [6.45, 7) is 1.87. The normalized spacial score (nSPS) is 19.2. The molecule has 1 heterocycles. The largest absolute Gasteiger partial charge is 0.339 e. The first-order valence-corrected chi connectivity index (χ1v) is 6.01. The van der Waals surface area contributed by atoms with Crippen LogP contribution >= 0.6 is 0 Å². The van der Waals surface area contributed by atoms with E-state index in [0.717, 1.165) is 5.82 Å². The van der Waals surface area contributed by atoms with Crippen molar-refractivity contribution in [1.82, 2.24) is 10.1 Å². The Morgan fingerprint density at radius 3 is 2.88 bits per heavy atom. The summed E-state index contributed by atoms with van der Waals surface area (Å²) in [5.41, 5.74) is 0. The topological polar surface area (TPSA) is 62.7 Å². The van der Waals surface area contributed by atoms with E-state index in [1.807, 2.05) is 6.92 Å². The van der Waals surface area contributed by atoms with E-state index in [1.54, 1.807) is 0 Å². The fourth-order valence-electron chi connectivity index (χ4n) is 2.19. The molecule has 1 aliphatic rings. The lowest BCUT2D eigenvalue weighted by Crippen LogP contribution is -2.06. The molecule has 0 bridgehead atoms. The Morgan fingerprint density at radius 2 is 2.19 bits per heavy atom.